The number of nitrogens with one attached hydrogen (secondary N) is 3. The van der Waals surface area contributed by atoms with Crippen molar-refractivity contribution < 1.29 is 14.3 Å². The number of rotatable bonds is 6. The smallest absolute Gasteiger partial charge is 0.252 e. The molecule has 0 saturated heterocycles. The van der Waals surface area contributed by atoms with Crippen molar-refractivity contribution >= 4 is 63.7 Å². The lowest BCUT2D eigenvalue weighted by Gasteiger charge is -2.28. The standard InChI is InChI=1S/C18H18Cl3N3O3S/c1-26-12-8-9-14(27-2)13(10-12)22-17(28)24-16(18(19,20)21)23-15(25)11-6-4-3-5-7-11/h3-10,16H,1-2H3,(H,23,25)(H2,22,24,28). The molecule has 10 heteroatoms. The van der Waals surface area contributed by atoms with Crippen molar-refractivity contribution in [3.63, 3.8) is 0 Å². The number of methoxy groups -OCH3 is 2. The van der Waals surface area contributed by atoms with Crippen LogP contribution in [0.15, 0.2) is 48.5 Å². The number of hydrogen-bond acceptors (Lipinski definition) is 4. The fourth-order valence-electron chi connectivity index (χ4n) is 2.20. The number of benzene rings is 2. The second-order valence-electron chi connectivity index (χ2n) is 5.48. The van der Waals surface area contributed by atoms with E-state index >= 15 is 0 Å². The van der Waals surface area contributed by atoms with Crippen LogP contribution in [0.4, 0.5) is 5.69 Å². The lowest BCUT2D eigenvalue weighted by molar-refractivity contribution is 0.0934. The van der Waals surface area contributed by atoms with E-state index in [1.165, 1.54) is 7.11 Å². The van der Waals surface area contributed by atoms with Crippen molar-refractivity contribution in [1.82, 2.24) is 10.6 Å². The summed E-state index contributed by atoms with van der Waals surface area (Å²) in [5, 5.41) is 8.45. The highest BCUT2D eigenvalue weighted by Crippen LogP contribution is 2.31. The highest BCUT2D eigenvalue weighted by Gasteiger charge is 2.35. The molecule has 2 aromatic rings. The van der Waals surface area contributed by atoms with Gasteiger partial charge in [0.25, 0.3) is 5.91 Å². The van der Waals surface area contributed by atoms with Crippen molar-refractivity contribution in [2.75, 3.05) is 19.5 Å². The molecule has 0 saturated carbocycles. The summed E-state index contributed by atoms with van der Waals surface area (Å²) < 4.78 is 8.61. The molecule has 2 aromatic carbocycles. The molecule has 0 aliphatic heterocycles. The van der Waals surface area contributed by atoms with Crippen LogP contribution in [0.5, 0.6) is 11.5 Å². The normalized spacial score (nSPS) is 11.9. The SMILES string of the molecule is COc1ccc(OC)c(NC(=S)NC(NC(=O)c2ccccc2)C(Cl)(Cl)Cl)c1. The zero-order chi connectivity index (χ0) is 20.7. The van der Waals surface area contributed by atoms with E-state index in [0.29, 0.717) is 22.7 Å². The second kappa shape index (κ2) is 10.0. The summed E-state index contributed by atoms with van der Waals surface area (Å²) >= 11 is 23.3. The van der Waals surface area contributed by atoms with Crippen LogP contribution in [0.25, 0.3) is 0 Å². The highest BCUT2D eigenvalue weighted by atomic mass is 35.6. The van der Waals surface area contributed by atoms with Gasteiger partial charge in [0.2, 0.25) is 3.79 Å². The van der Waals surface area contributed by atoms with E-state index in [-0.39, 0.29) is 5.11 Å². The van der Waals surface area contributed by atoms with Gasteiger partial charge in [0.15, 0.2) is 5.11 Å². The number of anilines is 1. The Labute approximate surface area is 183 Å². The number of thiocarbonyl (C=S) groups is 1. The summed E-state index contributed by atoms with van der Waals surface area (Å²) in [6.45, 7) is 0. The summed E-state index contributed by atoms with van der Waals surface area (Å²) in [5.74, 6) is 0.705. The molecule has 0 bridgehead atoms. The van der Waals surface area contributed by atoms with Gasteiger partial charge in [-0.3, -0.25) is 4.79 Å². The lowest BCUT2D eigenvalue weighted by Crippen LogP contribution is -2.56. The van der Waals surface area contributed by atoms with E-state index in [4.69, 9.17) is 56.5 Å². The van der Waals surface area contributed by atoms with Gasteiger partial charge in [0, 0.05) is 11.6 Å². The number of halogens is 3. The van der Waals surface area contributed by atoms with Crippen molar-refractivity contribution in [2.24, 2.45) is 0 Å². The van der Waals surface area contributed by atoms with Gasteiger partial charge in [-0.05, 0) is 36.5 Å². The third-order valence-corrected chi connectivity index (χ3v) is 4.44. The Hall–Kier alpha value is -1.93. The highest BCUT2D eigenvalue weighted by molar-refractivity contribution is 7.80. The summed E-state index contributed by atoms with van der Waals surface area (Å²) in [7, 11) is 3.06. The summed E-state index contributed by atoms with van der Waals surface area (Å²) in [4.78, 5) is 12.4. The predicted molar refractivity (Wildman–Crippen MR) is 117 cm³/mol. The van der Waals surface area contributed by atoms with Crippen molar-refractivity contribution in [1.29, 1.82) is 0 Å². The Morgan fingerprint density at radius 2 is 1.71 bits per heavy atom. The van der Waals surface area contributed by atoms with E-state index in [1.54, 1.807) is 55.6 Å². The summed E-state index contributed by atoms with van der Waals surface area (Å²) in [6, 6.07) is 13.7. The van der Waals surface area contributed by atoms with Gasteiger partial charge in [-0.25, -0.2) is 0 Å². The first-order valence-electron chi connectivity index (χ1n) is 7.96. The number of alkyl halides is 3. The van der Waals surface area contributed by atoms with Gasteiger partial charge >= 0.3 is 0 Å². The van der Waals surface area contributed by atoms with E-state index in [0.717, 1.165) is 0 Å². The number of ether oxygens (including phenoxy) is 2. The molecule has 0 aliphatic rings. The molecule has 0 fully saturated rings. The zero-order valence-corrected chi connectivity index (χ0v) is 18.0. The summed E-state index contributed by atoms with van der Waals surface area (Å²) in [5.41, 5.74) is 0.952. The molecular formula is C18H18Cl3N3O3S. The first-order chi connectivity index (χ1) is 13.2. The Bertz CT molecular complexity index is 832. The Kier molecular flexibility index (Phi) is 8.00. The van der Waals surface area contributed by atoms with Gasteiger partial charge < -0.3 is 25.4 Å². The van der Waals surface area contributed by atoms with Crippen LogP contribution in [0.2, 0.25) is 0 Å². The molecule has 0 aromatic heterocycles. The summed E-state index contributed by atoms with van der Waals surface area (Å²) in [6.07, 6.45) is -1.10. The Morgan fingerprint density at radius 3 is 2.29 bits per heavy atom. The van der Waals surface area contributed by atoms with Crippen LogP contribution >= 0.6 is 47.0 Å². The van der Waals surface area contributed by atoms with Crippen LogP contribution in [-0.4, -0.2) is 35.2 Å². The minimum atomic E-state index is -1.87. The Morgan fingerprint density at radius 1 is 1.04 bits per heavy atom. The van der Waals surface area contributed by atoms with Crippen molar-refractivity contribution in [3.8, 4) is 11.5 Å². The molecule has 28 heavy (non-hydrogen) atoms. The van der Waals surface area contributed by atoms with Crippen molar-refractivity contribution in [2.45, 2.75) is 9.96 Å². The maximum Gasteiger partial charge on any atom is 0.252 e. The molecule has 0 radical (unpaired) electrons. The molecule has 6 nitrogen and oxygen atoms in total. The van der Waals surface area contributed by atoms with E-state index < -0.39 is 15.9 Å². The third kappa shape index (κ3) is 6.31. The van der Waals surface area contributed by atoms with Crippen LogP contribution in [0.3, 0.4) is 0 Å². The first kappa shape index (κ1) is 22.4. The van der Waals surface area contributed by atoms with Crippen LogP contribution in [-0.2, 0) is 0 Å². The maximum atomic E-state index is 12.4. The Balaban J connectivity index is 2.12. The molecular weight excluding hydrogens is 445 g/mol. The largest absolute Gasteiger partial charge is 0.497 e. The van der Waals surface area contributed by atoms with E-state index in [9.17, 15) is 4.79 Å². The monoisotopic (exact) mass is 461 g/mol. The quantitative estimate of drug-likeness (QED) is 0.341. The van der Waals surface area contributed by atoms with Gasteiger partial charge in [0.05, 0.1) is 19.9 Å². The zero-order valence-electron chi connectivity index (χ0n) is 15.0. The number of carbonyl (C=O) groups excluding carboxylic acids is 1. The van der Waals surface area contributed by atoms with Crippen LogP contribution < -0.4 is 25.4 Å². The third-order valence-electron chi connectivity index (χ3n) is 3.57. The molecule has 1 atom stereocenters. The second-order valence-corrected chi connectivity index (χ2v) is 8.26. The molecule has 0 aliphatic carbocycles. The first-order valence-corrected chi connectivity index (χ1v) is 9.51. The minimum Gasteiger partial charge on any atom is -0.497 e. The molecule has 1 amide bonds. The van der Waals surface area contributed by atoms with E-state index in [1.807, 2.05) is 0 Å². The van der Waals surface area contributed by atoms with Crippen LogP contribution in [0, 0.1) is 0 Å². The molecule has 2 rings (SSSR count). The number of amides is 1. The number of carbonyl (C=O) groups is 1. The van der Waals surface area contributed by atoms with E-state index in [2.05, 4.69) is 16.0 Å². The average Bonchev–Trinajstić information content (AvgIpc) is 2.67. The minimum absolute atomic E-state index is 0.108. The molecule has 0 spiro atoms. The predicted octanol–water partition coefficient (Wildman–Crippen LogP) is 4.12. The number of hydrogen-bond donors (Lipinski definition) is 3. The van der Waals surface area contributed by atoms with Gasteiger partial charge in [-0.1, -0.05) is 53.0 Å². The van der Waals surface area contributed by atoms with Gasteiger partial charge in [-0.2, -0.15) is 0 Å². The molecule has 0 heterocycles. The topological polar surface area (TPSA) is 71.6 Å². The fraction of sp³-hybridized carbons (Fsp3) is 0.222. The molecule has 150 valence electrons. The van der Waals surface area contributed by atoms with Crippen LogP contribution in [0.1, 0.15) is 10.4 Å². The molecule has 3 N–H and O–H groups in total. The lowest BCUT2D eigenvalue weighted by atomic mass is 10.2. The average molecular weight is 463 g/mol. The van der Waals surface area contributed by atoms with Crippen molar-refractivity contribution in [3.05, 3.63) is 54.1 Å². The maximum absolute atomic E-state index is 12.4. The fourth-order valence-corrected chi connectivity index (χ4v) is 2.76. The van der Waals surface area contributed by atoms with Gasteiger partial charge in [-0.15, -0.1) is 0 Å². The molecule has 1 unspecified atom stereocenters. The van der Waals surface area contributed by atoms with Gasteiger partial charge in [0.1, 0.15) is 17.7 Å².